The van der Waals surface area contributed by atoms with Gasteiger partial charge in [0.05, 0.1) is 11.0 Å². The van der Waals surface area contributed by atoms with E-state index in [2.05, 4.69) is 10.3 Å². The van der Waals surface area contributed by atoms with E-state index in [-0.39, 0.29) is 24.2 Å². The van der Waals surface area contributed by atoms with Crippen LogP contribution in [0.5, 0.6) is 0 Å². The third-order valence-corrected chi connectivity index (χ3v) is 4.11. The van der Waals surface area contributed by atoms with Crippen molar-refractivity contribution in [2.24, 2.45) is 0 Å². The number of H-pyrrole nitrogens is 1. The molecule has 1 aliphatic rings. The molecule has 0 spiro atoms. The van der Waals surface area contributed by atoms with Crippen LogP contribution in [0.25, 0.3) is 11.0 Å². The summed E-state index contributed by atoms with van der Waals surface area (Å²) >= 11 is 0. The zero-order valence-electron chi connectivity index (χ0n) is 12.1. The van der Waals surface area contributed by atoms with Crippen LogP contribution in [0.15, 0.2) is 29.1 Å². The van der Waals surface area contributed by atoms with Crippen molar-refractivity contribution < 1.29 is 4.79 Å². The molecular weight excluding hydrogens is 268 g/mol. The molecule has 1 aliphatic heterocycles. The number of aromatic nitrogens is 2. The molecule has 1 saturated heterocycles. The molecule has 1 unspecified atom stereocenters. The molecule has 0 saturated carbocycles. The standard InChI is InChI=1S/C15H20N4O2/c1-16-9-11-5-4-8-18(11)14(20)10-19-13-7-3-2-6-12(13)17-15(19)21/h2-3,6-7,11,16H,4-5,8-10H2,1H3,(H,17,21). The molecule has 6 heteroatoms. The fourth-order valence-electron chi connectivity index (χ4n) is 3.10. The average molecular weight is 288 g/mol. The summed E-state index contributed by atoms with van der Waals surface area (Å²) in [5, 5.41) is 3.13. The van der Waals surface area contributed by atoms with Gasteiger partial charge in [-0.3, -0.25) is 9.36 Å². The third-order valence-electron chi connectivity index (χ3n) is 4.11. The Morgan fingerprint density at radius 3 is 3.05 bits per heavy atom. The fourth-order valence-corrected chi connectivity index (χ4v) is 3.10. The van der Waals surface area contributed by atoms with Crippen molar-refractivity contribution in [1.29, 1.82) is 0 Å². The number of likely N-dealkylation sites (N-methyl/N-ethyl adjacent to an activating group) is 1. The van der Waals surface area contributed by atoms with Gasteiger partial charge in [0.25, 0.3) is 0 Å². The Morgan fingerprint density at radius 2 is 2.24 bits per heavy atom. The number of benzene rings is 1. The van der Waals surface area contributed by atoms with Crippen LogP contribution in [0.1, 0.15) is 12.8 Å². The van der Waals surface area contributed by atoms with Crippen LogP contribution in [0.3, 0.4) is 0 Å². The Morgan fingerprint density at radius 1 is 1.43 bits per heavy atom. The first kappa shape index (κ1) is 13.9. The monoisotopic (exact) mass is 288 g/mol. The quantitative estimate of drug-likeness (QED) is 0.862. The molecule has 0 radical (unpaired) electrons. The van der Waals surface area contributed by atoms with Crippen molar-refractivity contribution in [3.8, 4) is 0 Å². The molecule has 2 aromatic rings. The molecule has 1 fully saturated rings. The summed E-state index contributed by atoms with van der Waals surface area (Å²) in [5.74, 6) is 0.0135. The Hall–Kier alpha value is -2.08. The lowest BCUT2D eigenvalue weighted by Gasteiger charge is -2.24. The zero-order chi connectivity index (χ0) is 14.8. The van der Waals surface area contributed by atoms with E-state index in [1.54, 1.807) is 0 Å². The minimum absolute atomic E-state index is 0.0135. The van der Waals surface area contributed by atoms with Crippen molar-refractivity contribution in [2.75, 3.05) is 20.1 Å². The van der Waals surface area contributed by atoms with Gasteiger partial charge < -0.3 is 15.2 Å². The molecule has 21 heavy (non-hydrogen) atoms. The lowest BCUT2D eigenvalue weighted by atomic mass is 10.2. The second-order valence-electron chi connectivity index (χ2n) is 5.47. The van der Waals surface area contributed by atoms with Gasteiger partial charge in [0.2, 0.25) is 5.91 Å². The summed E-state index contributed by atoms with van der Waals surface area (Å²) in [5.41, 5.74) is 1.32. The number of hydrogen-bond donors (Lipinski definition) is 2. The highest BCUT2D eigenvalue weighted by Crippen LogP contribution is 2.17. The topological polar surface area (TPSA) is 70.1 Å². The van der Waals surface area contributed by atoms with E-state index in [0.717, 1.165) is 37.0 Å². The Labute approximate surface area is 122 Å². The molecule has 112 valence electrons. The molecule has 0 aliphatic carbocycles. The predicted octanol–water partition coefficient (Wildman–Crippen LogP) is 0.540. The van der Waals surface area contributed by atoms with Crippen molar-refractivity contribution in [1.82, 2.24) is 19.8 Å². The molecule has 6 nitrogen and oxygen atoms in total. The maximum absolute atomic E-state index is 12.5. The number of hydrogen-bond acceptors (Lipinski definition) is 3. The van der Waals surface area contributed by atoms with E-state index in [0.29, 0.717) is 0 Å². The molecule has 1 amide bonds. The van der Waals surface area contributed by atoms with Crippen LogP contribution in [-0.4, -0.2) is 46.5 Å². The number of fused-ring (bicyclic) bond motifs is 1. The molecule has 1 aromatic heterocycles. The molecule has 0 bridgehead atoms. The summed E-state index contributed by atoms with van der Waals surface area (Å²) in [6.45, 7) is 1.68. The number of para-hydroxylation sites is 2. The van der Waals surface area contributed by atoms with E-state index in [9.17, 15) is 9.59 Å². The summed E-state index contributed by atoms with van der Waals surface area (Å²) in [6.07, 6.45) is 2.05. The number of amides is 1. The predicted molar refractivity (Wildman–Crippen MR) is 81.2 cm³/mol. The van der Waals surface area contributed by atoms with Gasteiger partial charge in [-0.2, -0.15) is 0 Å². The zero-order valence-corrected chi connectivity index (χ0v) is 12.1. The number of carbonyl (C=O) groups excluding carboxylic acids is 1. The fraction of sp³-hybridized carbons (Fsp3) is 0.467. The van der Waals surface area contributed by atoms with E-state index in [1.165, 1.54) is 4.57 Å². The van der Waals surface area contributed by atoms with Crippen molar-refractivity contribution in [3.05, 3.63) is 34.7 Å². The number of nitrogens with one attached hydrogen (secondary N) is 2. The number of imidazole rings is 1. The maximum atomic E-state index is 12.5. The normalized spacial score (nSPS) is 18.5. The van der Waals surface area contributed by atoms with Crippen molar-refractivity contribution in [2.45, 2.75) is 25.4 Å². The van der Waals surface area contributed by atoms with Gasteiger partial charge in [0.1, 0.15) is 6.54 Å². The highest BCUT2D eigenvalue weighted by molar-refractivity contribution is 5.80. The Bertz CT molecular complexity index is 703. The summed E-state index contributed by atoms with van der Waals surface area (Å²) in [7, 11) is 1.89. The third kappa shape index (κ3) is 2.58. The first-order valence-electron chi connectivity index (χ1n) is 7.32. The van der Waals surface area contributed by atoms with Crippen LogP contribution in [-0.2, 0) is 11.3 Å². The van der Waals surface area contributed by atoms with Crippen molar-refractivity contribution >= 4 is 16.9 Å². The molecule has 2 heterocycles. The van der Waals surface area contributed by atoms with Gasteiger partial charge >= 0.3 is 5.69 Å². The smallest absolute Gasteiger partial charge is 0.326 e. The average Bonchev–Trinajstić information content (AvgIpc) is 3.05. The van der Waals surface area contributed by atoms with Crippen LogP contribution in [0.2, 0.25) is 0 Å². The van der Waals surface area contributed by atoms with E-state index < -0.39 is 0 Å². The number of nitrogens with zero attached hydrogens (tertiary/aromatic N) is 2. The minimum Gasteiger partial charge on any atom is -0.337 e. The second-order valence-corrected chi connectivity index (χ2v) is 5.47. The minimum atomic E-state index is -0.228. The Balaban J connectivity index is 1.83. The molecule has 3 rings (SSSR count). The lowest BCUT2D eigenvalue weighted by molar-refractivity contribution is -0.132. The van der Waals surface area contributed by atoms with E-state index in [1.807, 2.05) is 36.2 Å². The number of rotatable bonds is 4. The van der Waals surface area contributed by atoms with Crippen LogP contribution >= 0.6 is 0 Å². The number of aromatic amines is 1. The highest BCUT2D eigenvalue weighted by Gasteiger charge is 2.28. The largest absolute Gasteiger partial charge is 0.337 e. The first-order valence-corrected chi connectivity index (χ1v) is 7.32. The van der Waals surface area contributed by atoms with Gasteiger partial charge in [-0.15, -0.1) is 0 Å². The molecule has 2 N–H and O–H groups in total. The lowest BCUT2D eigenvalue weighted by Crippen LogP contribution is -2.43. The van der Waals surface area contributed by atoms with E-state index in [4.69, 9.17) is 0 Å². The summed E-state index contributed by atoms with van der Waals surface area (Å²) in [6, 6.07) is 7.68. The van der Waals surface area contributed by atoms with Gasteiger partial charge in [0, 0.05) is 19.1 Å². The Kier molecular flexibility index (Phi) is 3.79. The summed E-state index contributed by atoms with van der Waals surface area (Å²) in [4.78, 5) is 29.2. The summed E-state index contributed by atoms with van der Waals surface area (Å²) < 4.78 is 1.52. The molecule has 1 atom stereocenters. The van der Waals surface area contributed by atoms with Crippen LogP contribution in [0, 0.1) is 0 Å². The first-order chi connectivity index (χ1) is 10.2. The van der Waals surface area contributed by atoms with Gasteiger partial charge in [-0.1, -0.05) is 12.1 Å². The van der Waals surface area contributed by atoms with Crippen molar-refractivity contribution in [3.63, 3.8) is 0 Å². The SMILES string of the molecule is CNCC1CCCN1C(=O)Cn1c(=O)[nH]c2ccccc21. The number of likely N-dealkylation sites (tertiary alicyclic amines) is 1. The van der Waals surface area contributed by atoms with Gasteiger partial charge in [0.15, 0.2) is 0 Å². The van der Waals surface area contributed by atoms with Gasteiger partial charge in [-0.05, 0) is 32.0 Å². The van der Waals surface area contributed by atoms with Crippen LogP contribution in [0.4, 0.5) is 0 Å². The molecule has 1 aromatic carbocycles. The van der Waals surface area contributed by atoms with E-state index >= 15 is 0 Å². The van der Waals surface area contributed by atoms with Gasteiger partial charge in [-0.25, -0.2) is 4.79 Å². The molecular formula is C15H20N4O2. The second kappa shape index (κ2) is 5.73. The maximum Gasteiger partial charge on any atom is 0.326 e. The highest BCUT2D eigenvalue weighted by atomic mass is 16.2. The van der Waals surface area contributed by atoms with Crippen LogP contribution < -0.4 is 11.0 Å². The number of carbonyl (C=O) groups is 1.